The topological polar surface area (TPSA) is 89.5 Å². The smallest absolute Gasteiger partial charge is 0.308 e. The van der Waals surface area contributed by atoms with Crippen LogP contribution in [0.3, 0.4) is 0 Å². The molecule has 2 rings (SSSR count). The van der Waals surface area contributed by atoms with E-state index >= 15 is 0 Å². The summed E-state index contributed by atoms with van der Waals surface area (Å²) in [6, 6.07) is 12.3. The minimum Gasteiger partial charge on any atom is -0.426 e. The molecule has 0 bridgehead atoms. The van der Waals surface area contributed by atoms with Crippen molar-refractivity contribution >= 4 is 27.4 Å². The van der Waals surface area contributed by atoms with Crippen LogP contribution in [0.15, 0.2) is 53.4 Å². The first-order valence-electron chi connectivity index (χ1n) is 6.67. The Bertz CT molecular complexity index is 858. The standard InChI is InChI=1S/C16H15NO5S/c1-11(18)22-14-9-5-3-7-12(14)16(19)17-13-8-4-6-10-15(13)23(2,20)21/h3-10H,1-2H3,(H,17,19). The van der Waals surface area contributed by atoms with Crippen LogP contribution in [-0.2, 0) is 14.6 Å². The van der Waals surface area contributed by atoms with Crippen LogP contribution in [0.1, 0.15) is 17.3 Å². The number of esters is 1. The second kappa shape index (κ2) is 6.62. The molecular formula is C16H15NO5S. The van der Waals surface area contributed by atoms with Crippen molar-refractivity contribution in [3.63, 3.8) is 0 Å². The third-order valence-electron chi connectivity index (χ3n) is 2.92. The van der Waals surface area contributed by atoms with E-state index in [1.54, 1.807) is 24.3 Å². The molecule has 0 fully saturated rings. The van der Waals surface area contributed by atoms with Crippen molar-refractivity contribution in [2.24, 2.45) is 0 Å². The third kappa shape index (κ3) is 4.17. The van der Waals surface area contributed by atoms with Gasteiger partial charge in [0.05, 0.1) is 16.1 Å². The van der Waals surface area contributed by atoms with E-state index in [1.807, 2.05) is 0 Å². The van der Waals surface area contributed by atoms with Crippen LogP contribution in [0.5, 0.6) is 5.75 Å². The highest BCUT2D eigenvalue weighted by Gasteiger charge is 2.18. The van der Waals surface area contributed by atoms with Gasteiger partial charge in [-0.2, -0.15) is 0 Å². The van der Waals surface area contributed by atoms with E-state index in [0.717, 1.165) is 6.26 Å². The zero-order chi connectivity index (χ0) is 17.0. The summed E-state index contributed by atoms with van der Waals surface area (Å²) < 4.78 is 28.5. The van der Waals surface area contributed by atoms with Gasteiger partial charge in [-0.15, -0.1) is 0 Å². The number of nitrogens with one attached hydrogen (secondary N) is 1. The summed E-state index contributed by atoms with van der Waals surface area (Å²) in [6.45, 7) is 1.23. The molecule has 0 aromatic heterocycles. The zero-order valence-corrected chi connectivity index (χ0v) is 13.4. The summed E-state index contributed by atoms with van der Waals surface area (Å²) in [5, 5.41) is 2.54. The number of hydrogen-bond acceptors (Lipinski definition) is 5. The minimum atomic E-state index is -3.49. The number of ether oxygens (including phenoxy) is 1. The van der Waals surface area contributed by atoms with E-state index in [2.05, 4.69) is 5.32 Å². The second-order valence-electron chi connectivity index (χ2n) is 4.81. The Morgan fingerprint density at radius 3 is 2.26 bits per heavy atom. The van der Waals surface area contributed by atoms with E-state index in [0.29, 0.717) is 0 Å². The van der Waals surface area contributed by atoms with Gasteiger partial charge in [0.15, 0.2) is 9.84 Å². The number of benzene rings is 2. The lowest BCUT2D eigenvalue weighted by Gasteiger charge is -2.12. The Morgan fingerprint density at radius 2 is 1.61 bits per heavy atom. The average Bonchev–Trinajstić information content (AvgIpc) is 2.46. The van der Waals surface area contributed by atoms with Gasteiger partial charge in [0.1, 0.15) is 5.75 Å². The Balaban J connectivity index is 2.36. The molecule has 23 heavy (non-hydrogen) atoms. The fourth-order valence-corrected chi connectivity index (χ4v) is 2.83. The molecule has 0 saturated carbocycles. The number of rotatable bonds is 4. The van der Waals surface area contributed by atoms with Crippen molar-refractivity contribution < 1.29 is 22.7 Å². The van der Waals surface area contributed by atoms with E-state index < -0.39 is 21.7 Å². The molecule has 1 amide bonds. The lowest BCUT2D eigenvalue weighted by Crippen LogP contribution is -2.16. The number of para-hydroxylation sites is 2. The van der Waals surface area contributed by atoms with Crippen LogP contribution >= 0.6 is 0 Å². The molecule has 0 aliphatic carbocycles. The fraction of sp³-hybridized carbons (Fsp3) is 0.125. The number of sulfone groups is 1. The van der Waals surface area contributed by atoms with Gasteiger partial charge in [-0.3, -0.25) is 9.59 Å². The maximum Gasteiger partial charge on any atom is 0.308 e. The maximum absolute atomic E-state index is 12.4. The molecule has 2 aromatic rings. The van der Waals surface area contributed by atoms with Gasteiger partial charge in [0.2, 0.25) is 0 Å². The van der Waals surface area contributed by atoms with Crippen molar-refractivity contribution in [3.05, 3.63) is 54.1 Å². The van der Waals surface area contributed by atoms with Crippen molar-refractivity contribution in [1.29, 1.82) is 0 Å². The highest BCUT2D eigenvalue weighted by molar-refractivity contribution is 7.90. The van der Waals surface area contributed by atoms with E-state index in [-0.39, 0.29) is 21.9 Å². The van der Waals surface area contributed by atoms with Crippen molar-refractivity contribution in [1.82, 2.24) is 0 Å². The Hall–Kier alpha value is -2.67. The lowest BCUT2D eigenvalue weighted by molar-refractivity contribution is -0.131. The molecule has 0 saturated heterocycles. The molecule has 0 aliphatic heterocycles. The largest absolute Gasteiger partial charge is 0.426 e. The number of amides is 1. The maximum atomic E-state index is 12.4. The summed E-state index contributed by atoms with van der Waals surface area (Å²) in [5.74, 6) is -1.02. The minimum absolute atomic E-state index is 0.0123. The van der Waals surface area contributed by atoms with Crippen LogP contribution in [0, 0.1) is 0 Å². The van der Waals surface area contributed by atoms with Gasteiger partial charge in [-0.1, -0.05) is 24.3 Å². The van der Waals surface area contributed by atoms with Gasteiger partial charge in [0.25, 0.3) is 5.91 Å². The van der Waals surface area contributed by atoms with Crippen LogP contribution in [0.2, 0.25) is 0 Å². The molecule has 0 atom stereocenters. The summed E-state index contributed by atoms with van der Waals surface area (Å²) in [5.41, 5.74) is 0.295. The first kappa shape index (κ1) is 16.7. The van der Waals surface area contributed by atoms with Gasteiger partial charge in [-0.25, -0.2) is 8.42 Å². The second-order valence-corrected chi connectivity index (χ2v) is 6.80. The Labute approximate surface area is 134 Å². The van der Waals surface area contributed by atoms with E-state index in [9.17, 15) is 18.0 Å². The summed E-state index contributed by atoms with van der Waals surface area (Å²) >= 11 is 0. The molecule has 0 unspecified atom stereocenters. The van der Waals surface area contributed by atoms with Crippen LogP contribution < -0.4 is 10.1 Å². The SMILES string of the molecule is CC(=O)Oc1ccccc1C(=O)Nc1ccccc1S(C)(=O)=O. The van der Waals surface area contributed by atoms with Crippen LogP contribution in [-0.4, -0.2) is 26.6 Å². The predicted molar refractivity (Wildman–Crippen MR) is 85.3 cm³/mol. The fourth-order valence-electron chi connectivity index (χ4n) is 1.98. The van der Waals surface area contributed by atoms with Crippen molar-refractivity contribution in [2.75, 3.05) is 11.6 Å². The average molecular weight is 333 g/mol. The Morgan fingerprint density at radius 1 is 1.00 bits per heavy atom. The van der Waals surface area contributed by atoms with Crippen LogP contribution in [0.25, 0.3) is 0 Å². The highest BCUT2D eigenvalue weighted by Crippen LogP contribution is 2.24. The zero-order valence-electron chi connectivity index (χ0n) is 12.6. The third-order valence-corrected chi connectivity index (χ3v) is 4.08. The molecule has 0 radical (unpaired) electrons. The molecular weight excluding hydrogens is 318 g/mol. The lowest BCUT2D eigenvalue weighted by atomic mass is 10.2. The monoisotopic (exact) mass is 333 g/mol. The van der Waals surface area contributed by atoms with Crippen molar-refractivity contribution in [2.45, 2.75) is 11.8 Å². The van der Waals surface area contributed by atoms with Crippen LogP contribution in [0.4, 0.5) is 5.69 Å². The molecule has 2 aromatic carbocycles. The quantitative estimate of drug-likeness (QED) is 0.685. The van der Waals surface area contributed by atoms with Gasteiger partial charge in [0, 0.05) is 13.2 Å². The summed E-state index contributed by atoms with van der Waals surface area (Å²) in [6.07, 6.45) is 1.06. The molecule has 1 N–H and O–H groups in total. The van der Waals surface area contributed by atoms with E-state index in [1.165, 1.54) is 31.2 Å². The first-order chi connectivity index (χ1) is 10.8. The van der Waals surface area contributed by atoms with E-state index in [4.69, 9.17) is 4.74 Å². The molecule has 120 valence electrons. The van der Waals surface area contributed by atoms with Gasteiger partial charge >= 0.3 is 5.97 Å². The van der Waals surface area contributed by atoms with Gasteiger partial charge in [-0.05, 0) is 24.3 Å². The molecule has 0 heterocycles. The number of carbonyl (C=O) groups is 2. The number of carbonyl (C=O) groups excluding carboxylic acids is 2. The predicted octanol–water partition coefficient (Wildman–Crippen LogP) is 2.27. The Kier molecular flexibility index (Phi) is 4.80. The molecule has 0 spiro atoms. The first-order valence-corrected chi connectivity index (χ1v) is 8.56. The molecule has 6 nitrogen and oxygen atoms in total. The molecule has 7 heteroatoms. The highest BCUT2D eigenvalue weighted by atomic mass is 32.2. The number of hydrogen-bond donors (Lipinski definition) is 1. The number of anilines is 1. The molecule has 0 aliphatic rings. The summed E-state index contributed by atoms with van der Waals surface area (Å²) in [7, 11) is -3.49. The normalized spacial score (nSPS) is 10.9. The van der Waals surface area contributed by atoms with Gasteiger partial charge < -0.3 is 10.1 Å². The van der Waals surface area contributed by atoms with Crippen molar-refractivity contribution in [3.8, 4) is 5.75 Å². The summed E-state index contributed by atoms with van der Waals surface area (Å²) in [4.78, 5) is 23.5.